The lowest BCUT2D eigenvalue weighted by Crippen LogP contribution is -2.51. The van der Waals surface area contributed by atoms with E-state index >= 15 is 0 Å². The minimum atomic E-state index is -0.0225. The van der Waals surface area contributed by atoms with E-state index in [-0.39, 0.29) is 11.8 Å². The van der Waals surface area contributed by atoms with Crippen LogP contribution in [0.5, 0.6) is 0 Å². The Morgan fingerprint density at radius 2 is 1.94 bits per heavy atom. The number of hydrogen-bond donors (Lipinski definition) is 0. The second-order valence-corrected chi connectivity index (χ2v) is 9.32. The Kier molecular flexibility index (Phi) is 6.14. The van der Waals surface area contributed by atoms with Crippen molar-refractivity contribution in [2.75, 3.05) is 45.2 Å². The van der Waals surface area contributed by atoms with Gasteiger partial charge in [0.15, 0.2) is 0 Å². The summed E-state index contributed by atoms with van der Waals surface area (Å²) in [5, 5.41) is 0. The summed E-state index contributed by atoms with van der Waals surface area (Å²) in [4.78, 5) is 35.1. The molecule has 0 unspecified atom stereocenters. The van der Waals surface area contributed by atoms with Crippen LogP contribution < -0.4 is 4.90 Å². The first-order chi connectivity index (χ1) is 14.8. The van der Waals surface area contributed by atoms with E-state index in [1.54, 1.807) is 19.0 Å². The first-order valence-electron chi connectivity index (χ1n) is 10.5. The van der Waals surface area contributed by atoms with Crippen LogP contribution in [0.1, 0.15) is 28.5 Å². The van der Waals surface area contributed by atoms with E-state index in [0.717, 1.165) is 34.4 Å². The number of piperazine rings is 1. The third kappa shape index (κ3) is 4.51. The normalized spacial score (nSPS) is 18.5. The quantitative estimate of drug-likeness (QED) is 0.669. The van der Waals surface area contributed by atoms with Gasteiger partial charge in [-0.15, -0.1) is 0 Å². The molecule has 2 aliphatic rings. The van der Waals surface area contributed by atoms with Gasteiger partial charge in [0.05, 0.1) is 6.54 Å². The molecule has 6 nitrogen and oxygen atoms in total. The Morgan fingerprint density at radius 3 is 2.61 bits per heavy atom. The Hall–Kier alpha value is -2.67. The summed E-state index contributed by atoms with van der Waals surface area (Å²) >= 11 is 3.63. The van der Waals surface area contributed by atoms with Gasteiger partial charge >= 0.3 is 0 Å². The van der Waals surface area contributed by atoms with Crippen LogP contribution in [-0.4, -0.2) is 66.9 Å². The van der Waals surface area contributed by atoms with Gasteiger partial charge < -0.3 is 14.7 Å². The van der Waals surface area contributed by atoms with E-state index in [9.17, 15) is 9.59 Å². The second-order valence-electron chi connectivity index (χ2n) is 8.46. The van der Waals surface area contributed by atoms with E-state index in [1.807, 2.05) is 41.4 Å². The first kappa shape index (κ1) is 21.6. The molecule has 7 heteroatoms. The van der Waals surface area contributed by atoms with Crippen LogP contribution in [-0.2, 0) is 11.2 Å². The number of aromatic nitrogens is 1. The van der Waals surface area contributed by atoms with Crippen LogP contribution in [0.4, 0.5) is 5.69 Å². The minimum Gasteiger partial charge on any atom is -0.360 e. The maximum Gasteiger partial charge on any atom is 0.253 e. The van der Waals surface area contributed by atoms with Gasteiger partial charge in [-0.1, -0.05) is 28.9 Å². The second kappa shape index (κ2) is 8.83. The molecule has 1 fully saturated rings. The average Bonchev–Trinajstić information content (AvgIpc) is 2.75. The van der Waals surface area contributed by atoms with Crippen molar-refractivity contribution in [3.63, 3.8) is 0 Å². The predicted octanol–water partition coefficient (Wildman–Crippen LogP) is 3.47. The van der Waals surface area contributed by atoms with Gasteiger partial charge in [-0.05, 0) is 48.2 Å². The van der Waals surface area contributed by atoms with Crippen LogP contribution >= 0.6 is 15.9 Å². The highest BCUT2D eigenvalue weighted by Gasteiger charge is 2.28. The zero-order valence-electron chi connectivity index (χ0n) is 18.1. The van der Waals surface area contributed by atoms with Gasteiger partial charge in [0, 0.05) is 66.9 Å². The third-order valence-electron chi connectivity index (χ3n) is 6.06. The number of pyridine rings is 1. The van der Waals surface area contributed by atoms with Crippen LogP contribution in [0, 0.1) is 5.92 Å². The number of carbonyl (C=O) groups excluding carboxylic acids is 2. The minimum absolute atomic E-state index is 0.0225. The van der Waals surface area contributed by atoms with Gasteiger partial charge in [0.1, 0.15) is 0 Å². The number of fused-ring (bicyclic) bond motifs is 1. The summed E-state index contributed by atoms with van der Waals surface area (Å²) < 4.78 is 1.05. The van der Waals surface area contributed by atoms with Crippen molar-refractivity contribution in [1.82, 2.24) is 14.8 Å². The number of carbonyl (C=O) groups is 2. The number of anilines is 1. The molecule has 2 heterocycles. The molecule has 31 heavy (non-hydrogen) atoms. The van der Waals surface area contributed by atoms with Crippen molar-refractivity contribution in [2.45, 2.75) is 13.3 Å². The topological polar surface area (TPSA) is 56.8 Å². The van der Waals surface area contributed by atoms with Gasteiger partial charge in [0.25, 0.3) is 5.91 Å². The molecule has 4 rings (SSSR count). The summed E-state index contributed by atoms with van der Waals surface area (Å²) in [6, 6.07) is 9.46. The molecular formula is C24H27BrN4O2. The van der Waals surface area contributed by atoms with Crippen molar-refractivity contribution >= 4 is 39.5 Å². The molecule has 1 aliphatic heterocycles. The number of hydrogen-bond acceptors (Lipinski definition) is 4. The summed E-state index contributed by atoms with van der Waals surface area (Å²) in [5.74, 6) is 0.469. The fourth-order valence-corrected chi connectivity index (χ4v) is 4.61. The molecule has 0 N–H and O–H groups in total. The predicted molar refractivity (Wildman–Crippen MR) is 126 cm³/mol. The molecule has 2 amide bonds. The summed E-state index contributed by atoms with van der Waals surface area (Å²) in [6.07, 6.45) is 4.92. The van der Waals surface area contributed by atoms with Crippen LogP contribution in [0.3, 0.4) is 0 Å². The number of rotatable bonds is 4. The molecule has 0 saturated carbocycles. The van der Waals surface area contributed by atoms with Crippen molar-refractivity contribution in [3.8, 4) is 0 Å². The van der Waals surface area contributed by atoms with Gasteiger partial charge in [0.2, 0.25) is 5.91 Å². The van der Waals surface area contributed by atoms with Crippen molar-refractivity contribution in [3.05, 3.63) is 63.4 Å². The van der Waals surface area contributed by atoms with Crippen molar-refractivity contribution in [1.29, 1.82) is 0 Å². The van der Waals surface area contributed by atoms with E-state index < -0.39 is 0 Å². The number of amides is 2. The van der Waals surface area contributed by atoms with E-state index in [2.05, 4.69) is 38.8 Å². The summed E-state index contributed by atoms with van der Waals surface area (Å²) in [6.45, 7) is 4.67. The zero-order chi connectivity index (χ0) is 22.1. The lowest BCUT2D eigenvalue weighted by atomic mass is 9.87. The van der Waals surface area contributed by atoms with E-state index in [1.165, 1.54) is 5.57 Å². The lowest BCUT2D eigenvalue weighted by molar-refractivity contribution is -0.130. The highest BCUT2D eigenvalue weighted by atomic mass is 79.9. The molecule has 1 aliphatic carbocycles. The lowest BCUT2D eigenvalue weighted by Gasteiger charge is -2.37. The zero-order valence-corrected chi connectivity index (χ0v) is 19.7. The molecule has 1 saturated heterocycles. The SMILES string of the molecule is C[C@H]1Cc2nccc(Br)c2C=C1CN1CCN(c2ccc(C(=O)N(C)C)cc2)CC1=O. The standard InChI is InChI=1S/C24H27BrN4O2/c1-16-12-22-20(21(25)8-9-26-22)13-18(16)14-29-11-10-28(15-23(29)30)19-6-4-17(5-7-19)24(31)27(2)3/h4-9,13,16H,10-12,14-15H2,1-3H3/t16-/m0/s1. The molecule has 162 valence electrons. The molecule has 0 bridgehead atoms. The molecule has 1 aromatic heterocycles. The maximum atomic E-state index is 12.9. The fourth-order valence-electron chi connectivity index (χ4n) is 4.14. The molecular weight excluding hydrogens is 456 g/mol. The molecule has 2 aromatic rings. The van der Waals surface area contributed by atoms with Crippen LogP contribution in [0.2, 0.25) is 0 Å². The summed E-state index contributed by atoms with van der Waals surface area (Å²) in [7, 11) is 3.48. The highest BCUT2D eigenvalue weighted by molar-refractivity contribution is 9.10. The van der Waals surface area contributed by atoms with Gasteiger partial charge in [-0.25, -0.2) is 0 Å². The Bertz CT molecular complexity index is 1030. The maximum absolute atomic E-state index is 12.9. The monoisotopic (exact) mass is 482 g/mol. The average molecular weight is 483 g/mol. The molecule has 0 spiro atoms. The third-order valence-corrected chi connectivity index (χ3v) is 6.75. The molecule has 0 radical (unpaired) electrons. The number of benzene rings is 1. The summed E-state index contributed by atoms with van der Waals surface area (Å²) in [5.41, 5.74) is 5.14. The first-order valence-corrected chi connectivity index (χ1v) is 11.3. The number of halogens is 1. The van der Waals surface area contributed by atoms with E-state index in [0.29, 0.717) is 31.1 Å². The van der Waals surface area contributed by atoms with Gasteiger partial charge in [-0.3, -0.25) is 14.6 Å². The van der Waals surface area contributed by atoms with Crippen molar-refractivity contribution < 1.29 is 9.59 Å². The fraction of sp³-hybridized carbons (Fsp3) is 0.375. The Balaban J connectivity index is 1.43. The molecule has 1 atom stereocenters. The highest BCUT2D eigenvalue weighted by Crippen LogP contribution is 2.32. The smallest absolute Gasteiger partial charge is 0.253 e. The Labute approximate surface area is 191 Å². The van der Waals surface area contributed by atoms with Crippen LogP contribution in [0.25, 0.3) is 6.08 Å². The van der Waals surface area contributed by atoms with Crippen molar-refractivity contribution in [2.24, 2.45) is 5.92 Å². The Morgan fingerprint density at radius 1 is 1.19 bits per heavy atom. The van der Waals surface area contributed by atoms with Crippen LogP contribution in [0.15, 0.2) is 46.6 Å². The van der Waals surface area contributed by atoms with Gasteiger partial charge in [-0.2, -0.15) is 0 Å². The van der Waals surface area contributed by atoms with E-state index in [4.69, 9.17) is 0 Å². The molecule has 1 aromatic carbocycles. The number of nitrogens with zero attached hydrogens (tertiary/aromatic N) is 4. The largest absolute Gasteiger partial charge is 0.360 e.